The maximum atomic E-state index is 9.27. The second-order valence-electron chi connectivity index (χ2n) is 6.32. The molecule has 3 unspecified atom stereocenters. The minimum Gasteiger partial charge on any atom is -0.508 e. The number of hydrogen-bond donors (Lipinski definition) is 2. The third-order valence-corrected chi connectivity index (χ3v) is 4.28. The molecule has 0 saturated heterocycles. The highest BCUT2D eigenvalue weighted by Crippen LogP contribution is 2.28. The summed E-state index contributed by atoms with van der Waals surface area (Å²) in [6.07, 6.45) is 6.63. The molecule has 0 bridgehead atoms. The molecule has 0 spiro atoms. The van der Waals surface area contributed by atoms with Crippen LogP contribution in [0.5, 0.6) is 5.75 Å². The van der Waals surface area contributed by atoms with Gasteiger partial charge in [0.05, 0.1) is 0 Å². The summed E-state index contributed by atoms with van der Waals surface area (Å²) in [4.78, 5) is 0. The Morgan fingerprint density at radius 2 is 2.00 bits per heavy atom. The predicted molar refractivity (Wildman–Crippen MR) is 80.4 cm³/mol. The molecule has 1 aliphatic rings. The summed E-state index contributed by atoms with van der Waals surface area (Å²) < 4.78 is 0. The number of rotatable bonds is 5. The van der Waals surface area contributed by atoms with Crippen molar-refractivity contribution in [1.29, 1.82) is 0 Å². The minimum atomic E-state index is 0.348. The molecule has 2 heteroatoms. The molecule has 1 saturated carbocycles. The number of hydrogen-bond acceptors (Lipinski definition) is 2. The van der Waals surface area contributed by atoms with Crippen molar-refractivity contribution in [2.24, 2.45) is 11.8 Å². The summed E-state index contributed by atoms with van der Waals surface area (Å²) in [6.45, 7) is 5.79. The van der Waals surface area contributed by atoms with Crippen molar-refractivity contribution in [2.75, 3.05) is 6.54 Å². The highest BCUT2D eigenvalue weighted by atomic mass is 16.3. The SMILES string of the molecule is CC1CCCC(CNC(C)Cc2ccc(O)cc2)C1. The van der Waals surface area contributed by atoms with Crippen LogP contribution in [0.3, 0.4) is 0 Å². The van der Waals surface area contributed by atoms with Crippen LogP contribution in [0.4, 0.5) is 0 Å². The van der Waals surface area contributed by atoms with E-state index in [4.69, 9.17) is 0 Å². The first-order valence-electron chi connectivity index (χ1n) is 7.64. The Labute approximate surface area is 117 Å². The maximum absolute atomic E-state index is 9.27. The molecule has 2 N–H and O–H groups in total. The van der Waals surface area contributed by atoms with Crippen LogP contribution in [0.1, 0.15) is 45.1 Å². The standard InChI is InChI=1S/C17H27NO/c1-13-4-3-5-16(10-13)12-18-14(2)11-15-6-8-17(19)9-7-15/h6-9,13-14,16,18-19H,3-5,10-12H2,1-2H3. The van der Waals surface area contributed by atoms with Gasteiger partial charge in [-0.05, 0) is 62.3 Å². The molecule has 1 aliphatic carbocycles. The average Bonchev–Trinajstić information content (AvgIpc) is 2.39. The first kappa shape index (κ1) is 14.4. The summed E-state index contributed by atoms with van der Waals surface area (Å²) in [5.41, 5.74) is 1.29. The molecular formula is C17H27NO. The van der Waals surface area contributed by atoms with Crippen molar-refractivity contribution in [3.63, 3.8) is 0 Å². The van der Waals surface area contributed by atoms with Crippen molar-refractivity contribution in [1.82, 2.24) is 5.32 Å². The van der Waals surface area contributed by atoms with Gasteiger partial charge in [-0.25, -0.2) is 0 Å². The van der Waals surface area contributed by atoms with E-state index in [1.54, 1.807) is 12.1 Å². The molecular weight excluding hydrogens is 234 g/mol. The van der Waals surface area contributed by atoms with Gasteiger partial charge in [0.15, 0.2) is 0 Å². The van der Waals surface area contributed by atoms with E-state index in [1.165, 1.54) is 31.2 Å². The van der Waals surface area contributed by atoms with Gasteiger partial charge in [0.1, 0.15) is 5.75 Å². The monoisotopic (exact) mass is 261 g/mol. The highest BCUT2D eigenvalue weighted by molar-refractivity contribution is 5.26. The quantitative estimate of drug-likeness (QED) is 0.846. The molecule has 1 aromatic rings. The van der Waals surface area contributed by atoms with Gasteiger partial charge in [-0.3, -0.25) is 0 Å². The van der Waals surface area contributed by atoms with Crippen LogP contribution in [0, 0.1) is 11.8 Å². The van der Waals surface area contributed by atoms with Crippen molar-refractivity contribution in [3.05, 3.63) is 29.8 Å². The molecule has 19 heavy (non-hydrogen) atoms. The molecule has 0 aromatic heterocycles. The third-order valence-electron chi connectivity index (χ3n) is 4.28. The summed E-state index contributed by atoms with van der Waals surface area (Å²) in [7, 11) is 0. The third kappa shape index (κ3) is 4.87. The lowest BCUT2D eigenvalue weighted by Gasteiger charge is -2.28. The van der Waals surface area contributed by atoms with E-state index in [-0.39, 0.29) is 0 Å². The Morgan fingerprint density at radius 3 is 2.68 bits per heavy atom. The molecule has 3 atom stereocenters. The van der Waals surface area contributed by atoms with E-state index >= 15 is 0 Å². The van der Waals surface area contributed by atoms with Crippen LogP contribution < -0.4 is 5.32 Å². The molecule has 0 heterocycles. The Morgan fingerprint density at radius 1 is 1.26 bits per heavy atom. The summed E-state index contributed by atoms with van der Waals surface area (Å²) in [6, 6.07) is 8.06. The van der Waals surface area contributed by atoms with E-state index in [9.17, 15) is 5.11 Å². The van der Waals surface area contributed by atoms with E-state index in [1.807, 2.05) is 12.1 Å². The lowest BCUT2D eigenvalue weighted by molar-refractivity contribution is 0.268. The fraction of sp³-hybridized carbons (Fsp3) is 0.647. The summed E-state index contributed by atoms with van der Waals surface area (Å²) >= 11 is 0. The summed E-state index contributed by atoms with van der Waals surface area (Å²) in [5, 5.41) is 12.9. The van der Waals surface area contributed by atoms with E-state index < -0.39 is 0 Å². The van der Waals surface area contributed by atoms with Crippen LogP contribution in [0.15, 0.2) is 24.3 Å². The van der Waals surface area contributed by atoms with Gasteiger partial charge in [-0.1, -0.05) is 31.9 Å². The zero-order chi connectivity index (χ0) is 13.7. The van der Waals surface area contributed by atoms with Crippen LogP contribution in [0.25, 0.3) is 0 Å². The number of nitrogens with one attached hydrogen (secondary N) is 1. The van der Waals surface area contributed by atoms with Gasteiger partial charge >= 0.3 is 0 Å². The Hall–Kier alpha value is -1.02. The van der Waals surface area contributed by atoms with Crippen molar-refractivity contribution >= 4 is 0 Å². The van der Waals surface area contributed by atoms with Gasteiger partial charge in [0, 0.05) is 6.04 Å². The smallest absolute Gasteiger partial charge is 0.115 e. The Bertz CT molecular complexity index is 373. The van der Waals surface area contributed by atoms with E-state index in [0.717, 1.165) is 24.8 Å². The molecule has 1 fully saturated rings. The van der Waals surface area contributed by atoms with Gasteiger partial charge in [-0.15, -0.1) is 0 Å². The Kier molecular flexibility index (Phi) is 5.26. The van der Waals surface area contributed by atoms with E-state index in [2.05, 4.69) is 19.2 Å². The number of phenols is 1. The largest absolute Gasteiger partial charge is 0.508 e. The second kappa shape index (κ2) is 6.95. The van der Waals surface area contributed by atoms with Crippen molar-refractivity contribution in [3.8, 4) is 5.75 Å². The van der Waals surface area contributed by atoms with Crippen molar-refractivity contribution < 1.29 is 5.11 Å². The normalized spacial score (nSPS) is 25.2. The molecule has 2 rings (SSSR count). The maximum Gasteiger partial charge on any atom is 0.115 e. The molecule has 0 amide bonds. The first-order valence-corrected chi connectivity index (χ1v) is 7.64. The predicted octanol–water partition coefficient (Wildman–Crippen LogP) is 3.74. The lowest BCUT2D eigenvalue weighted by atomic mass is 9.82. The lowest BCUT2D eigenvalue weighted by Crippen LogP contribution is -2.34. The van der Waals surface area contributed by atoms with Crippen LogP contribution in [-0.4, -0.2) is 17.7 Å². The fourth-order valence-corrected chi connectivity index (χ4v) is 3.17. The molecule has 106 valence electrons. The molecule has 2 nitrogen and oxygen atoms in total. The van der Waals surface area contributed by atoms with Crippen LogP contribution in [-0.2, 0) is 6.42 Å². The van der Waals surface area contributed by atoms with E-state index in [0.29, 0.717) is 11.8 Å². The van der Waals surface area contributed by atoms with Gasteiger partial charge in [0.25, 0.3) is 0 Å². The molecule has 1 aromatic carbocycles. The Balaban J connectivity index is 1.72. The number of phenolic OH excluding ortho intramolecular Hbond substituents is 1. The van der Waals surface area contributed by atoms with Gasteiger partial charge in [0.2, 0.25) is 0 Å². The fourth-order valence-electron chi connectivity index (χ4n) is 3.17. The van der Waals surface area contributed by atoms with Crippen LogP contribution in [0.2, 0.25) is 0 Å². The molecule has 0 aliphatic heterocycles. The molecule has 0 radical (unpaired) electrons. The zero-order valence-corrected chi connectivity index (χ0v) is 12.2. The van der Waals surface area contributed by atoms with Crippen LogP contribution >= 0.6 is 0 Å². The number of aromatic hydroxyl groups is 1. The zero-order valence-electron chi connectivity index (χ0n) is 12.2. The van der Waals surface area contributed by atoms with Gasteiger partial charge in [-0.2, -0.15) is 0 Å². The number of benzene rings is 1. The van der Waals surface area contributed by atoms with Crippen molar-refractivity contribution in [2.45, 2.75) is 52.0 Å². The minimum absolute atomic E-state index is 0.348. The second-order valence-corrected chi connectivity index (χ2v) is 6.32. The van der Waals surface area contributed by atoms with Gasteiger partial charge < -0.3 is 10.4 Å². The highest BCUT2D eigenvalue weighted by Gasteiger charge is 2.19. The summed E-state index contributed by atoms with van der Waals surface area (Å²) in [5.74, 6) is 2.12. The first-order chi connectivity index (χ1) is 9.13. The topological polar surface area (TPSA) is 32.3 Å². The average molecular weight is 261 g/mol.